The van der Waals surface area contributed by atoms with E-state index in [-0.39, 0.29) is 23.0 Å². The maximum absolute atomic E-state index is 13.9. The van der Waals surface area contributed by atoms with Crippen molar-refractivity contribution in [3.05, 3.63) is 47.1 Å². The minimum Gasteiger partial charge on any atom is -0.365 e. The second-order valence-corrected chi connectivity index (χ2v) is 4.79. The zero-order chi connectivity index (χ0) is 15.0. The summed E-state index contributed by atoms with van der Waals surface area (Å²) in [6.45, 7) is 0.130. The highest BCUT2D eigenvalue weighted by Crippen LogP contribution is 2.26. The van der Waals surface area contributed by atoms with Crippen LogP contribution >= 0.6 is 11.6 Å². The Morgan fingerprint density at radius 3 is 2.86 bits per heavy atom. The summed E-state index contributed by atoms with van der Waals surface area (Å²) in [5.41, 5.74) is 0.759. The molecule has 0 aliphatic heterocycles. The summed E-state index contributed by atoms with van der Waals surface area (Å²) in [5, 5.41) is 3.09. The Balaban J connectivity index is 1.99. The van der Waals surface area contributed by atoms with Crippen molar-refractivity contribution in [2.75, 3.05) is 5.32 Å². The Hall–Kier alpha value is -2.28. The van der Waals surface area contributed by atoms with Gasteiger partial charge in [0.05, 0.1) is 11.6 Å². The highest BCUT2D eigenvalue weighted by atomic mass is 35.5. The normalized spacial score (nSPS) is 11.0. The molecule has 3 heterocycles. The molecule has 0 spiro atoms. The number of nitrogens with zero attached hydrogens (tertiary/aromatic N) is 4. The molecule has 3 aromatic rings. The number of rotatable bonds is 3. The van der Waals surface area contributed by atoms with Gasteiger partial charge in [-0.25, -0.2) is 8.78 Å². The number of nitrogens with one attached hydrogen (secondary N) is 1. The summed E-state index contributed by atoms with van der Waals surface area (Å²) in [5.74, 6) is -0.698. The van der Waals surface area contributed by atoms with Crippen molar-refractivity contribution in [1.82, 2.24) is 19.5 Å². The molecule has 0 aliphatic carbocycles. The topological polar surface area (TPSA) is 55.6 Å². The molecule has 1 N–H and O–H groups in total. The number of aryl methyl sites for hydroxylation is 1. The molecule has 3 rings (SSSR count). The Labute approximate surface area is 123 Å². The van der Waals surface area contributed by atoms with Crippen molar-refractivity contribution >= 4 is 28.5 Å². The molecule has 0 bridgehead atoms. The quantitative estimate of drug-likeness (QED) is 0.756. The third-order valence-electron chi connectivity index (χ3n) is 3.05. The van der Waals surface area contributed by atoms with Gasteiger partial charge >= 0.3 is 0 Å². The van der Waals surface area contributed by atoms with Gasteiger partial charge < -0.3 is 9.88 Å². The molecule has 108 valence electrons. The van der Waals surface area contributed by atoms with E-state index in [2.05, 4.69) is 20.3 Å². The van der Waals surface area contributed by atoms with Crippen molar-refractivity contribution in [2.45, 2.75) is 6.54 Å². The average Bonchev–Trinajstić information content (AvgIpc) is 2.72. The number of pyridine rings is 1. The van der Waals surface area contributed by atoms with Gasteiger partial charge in [-0.1, -0.05) is 0 Å². The number of hydrogen-bond donors (Lipinski definition) is 1. The standard InChI is InChI=1S/C13H10ClF2N5/c1-21-6-9(16)10-11(19-13(14)20-12(10)21)18-4-7-2-3-17-5-8(7)15/h2-3,5-6H,4H2,1H3,(H,18,19,20). The van der Waals surface area contributed by atoms with Crippen LogP contribution in [0.5, 0.6) is 0 Å². The second-order valence-electron chi connectivity index (χ2n) is 4.45. The first-order chi connectivity index (χ1) is 10.1. The van der Waals surface area contributed by atoms with Gasteiger partial charge in [-0.3, -0.25) is 4.98 Å². The van der Waals surface area contributed by atoms with Crippen LogP contribution in [0, 0.1) is 11.6 Å². The number of halogens is 3. The van der Waals surface area contributed by atoms with Crippen molar-refractivity contribution < 1.29 is 8.78 Å². The van der Waals surface area contributed by atoms with Gasteiger partial charge in [-0.15, -0.1) is 0 Å². The fourth-order valence-electron chi connectivity index (χ4n) is 2.05. The molecule has 5 nitrogen and oxygen atoms in total. The first-order valence-corrected chi connectivity index (χ1v) is 6.44. The molecule has 0 saturated heterocycles. The molecule has 0 aliphatic rings. The molecule has 0 unspecified atom stereocenters. The van der Waals surface area contributed by atoms with Crippen LogP contribution in [-0.2, 0) is 13.6 Å². The molecule has 0 aromatic carbocycles. The first kappa shape index (κ1) is 13.7. The average molecular weight is 310 g/mol. The van der Waals surface area contributed by atoms with Gasteiger partial charge in [0.25, 0.3) is 0 Å². The lowest BCUT2D eigenvalue weighted by Crippen LogP contribution is -2.05. The number of aromatic nitrogens is 4. The number of hydrogen-bond acceptors (Lipinski definition) is 4. The van der Waals surface area contributed by atoms with E-state index in [1.54, 1.807) is 7.05 Å². The van der Waals surface area contributed by atoms with Gasteiger partial charge in [-0.2, -0.15) is 9.97 Å². The second kappa shape index (κ2) is 5.25. The third-order valence-corrected chi connectivity index (χ3v) is 3.21. The summed E-state index contributed by atoms with van der Waals surface area (Å²) in [6, 6.07) is 1.53. The van der Waals surface area contributed by atoms with E-state index in [0.29, 0.717) is 11.2 Å². The zero-order valence-electron chi connectivity index (χ0n) is 10.9. The predicted molar refractivity (Wildman–Crippen MR) is 75.0 cm³/mol. The highest BCUT2D eigenvalue weighted by Gasteiger charge is 2.15. The Morgan fingerprint density at radius 1 is 1.29 bits per heavy atom. The summed E-state index contributed by atoms with van der Waals surface area (Å²) in [4.78, 5) is 11.6. The maximum atomic E-state index is 13.9. The van der Waals surface area contributed by atoms with E-state index in [1.165, 1.54) is 23.0 Å². The molecule has 8 heteroatoms. The van der Waals surface area contributed by atoms with Crippen LogP contribution < -0.4 is 5.32 Å². The van der Waals surface area contributed by atoms with Gasteiger partial charge in [0.2, 0.25) is 5.28 Å². The van der Waals surface area contributed by atoms with E-state index < -0.39 is 11.6 Å². The van der Waals surface area contributed by atoms with Crippen LogP contribution in [0.2, 0.25) is 5.28 Å². The maximum Gasteiger partial charge on any atom is 0.226 e. The molecule has 0 fully saturated rings. The fourth-order valence-corrected chi connectivity index (χ4v) is 2.21. The van der Waals surface area contributed by atoms with Crippen LogP contribution in [0.4, 0.5) is 14.6 Å². The lowest BCUT2D eigenvalue weighted by molar-refractivity contribution is 0.606. The lowest BCUT2D eigenvalue weighted by atomic mass is 10.2. The van der Waals surface area contributed by atoms with Crippen LogP contribution in [0.3, 0.4) is 0 Å². The van der Waals surface area contributed by atoms with Gasteiger partial charge in [0.1, 0.15) is 17.3 Å². The third kappa shape index (κ3) is 2.52. The lowest BCUT2D eigenvalue weighted by Gasteiger charge is -2.08. The molecule has 0 amide bonds. The highest BCUT2D eigenvalue weighted by molar-refractivity contribution is 6.28. The van der Waals surface area contributed by atoms with E-state index in [0.717, 1.165) is 6.20 Å². The summed E-state index contributed by atoms with van der Waals surface area (Å²) < 4.78 is 29.0. The van der Waals surface area contributed by atoms with Gasteiger partial charge in [-0.05, 0) is 17.7 Å². The smallest absolute Gasteiger partial charge is 0.226 e. The molecule has 21 heavy (non-hydrogen) atoms. The van der Waals surface area contributed by atoms with Gasteiger partial charge in [0, 0.05) is 31.5 Å². The van der Waals surface area contributed by atoms with E-state index >= 15 is 0 Å². The van der Waals surface area contributed by atoms with E-state index in [4.69, 9.17) is 11.6 Å². The summed E-state index contributed by atoms with van der Waals surface area (Å²) in [7, 11) is 1.65. The minimum absolute atomic E-state index is 0.0126. The zero-order valence-corrected chi connectivity index (χ0v) is 11.7. The van der Waals surface area contributed by atoms with Crippen LogP contribution in [0.1, 0.15) is 5.56 Å². The minimum atomic E-state index is -0.470. The van der Waals surface area contributed by atoms with Crippen LogP contribution in [0.15, 0.2) is 24.7 Å². The van der Waals surface area contributed by atoms with E-state index in [9.17, 15) is 8.78 Å². The Kier molecular flexibility index (Phi) is 3.42. The molecule has 3 aromatic heterocycles. The molecule has 0 atom stereocenters. The SMILES string of the molecule is Cn1cc(F)c2c(NCc3ccncc3F)nc(Cl)nc21. The Morgan fingerprint density at radius 2 is 2.10 bits per heavy atom. The monoisotopic (exact) mass is 309 g/mol. The number of fused-ring (bicyclic) bond motifs is 1. The first-order valence-electron chi connectivity index (χ1n) is 6.06. The van der Waals surface area contributed by atoms with Crippen molar-refractivity contribution in [3.8, 4) is 0 Å². The predicted octanol–water partition coefficient (Wildman–Crippen LogP) is 2.91. The largest absolute Gasteiger partial charge is 0.365 e. The Bertz CT molecular complexity index is 818. The van der Waals surface area contributed by atoms with Crippen LogP contribution in [-0.4, -0.2) is 19.5 Å². The fraction of sp³-hybridized carbons (Fsp3) is 0.154. The molecule has 0 radical (unpaired) electrons. The molecule has 0 saturated carbocycles. The van der Waals surface area contributed by atoms with Crippen molar-refractivity contribution in [2.24, 2.45) is 7.05 Å². The van der Waals surface area contributed by atoms with Crippen molar-refractivity contribution in [3.63, 3.8) is 0 Å². The molecular weight excluding hydrogens is 300 g/mol. The van der Waals surface area contributed by atoms with Gasteiger partial charge in [0.15, 0.2) is 5.82 Å². The summed E-state index contributed by atoms with van der Waals surface area (Å²) in [6.07, 6.45) is 3.88. The van der Waals surface area contributed by atoms with Crippen molar-refractivity contribution in [1.29, 1.82) is 0 Å². The number of anilines is 1. The van der Waals surface area contributed by atoms with E-state index in [1.807, 2.05) is 0 Å². The molecular formula is C13H10ClF2N5. The summed E-state index contributed by atoms with van der Waals surface area (Å²) >= 11 is 5.84. The van der Waals surface area contributed by atoms with Crippen LogP contribution in [0.25, 0.3) is 11.0 Å².